The summed E-state index contributed by atoms with van der Waals surface area (Å²) in [6, 6.07) is 3.43. The van der Waals surface area contributed by atoms with Gasteiger partial charge in [-0.1, -0.05) is 23.4 Å². The lowest BCUT2D eigenvalue weighted by atomic mass is 10.2. The number of hydrogen-bond acceptors (Lipinski definition) is 6. The quantitative estimate of drug-likeness (QED) is 0.638. The molecule has 1 heterocycles. The van der Waals surface area contributed by atoms with Crippen LogP contribution in [0, 0.1) is 6.92 Å². The maximum absolute atomic E-state index is 12.3. The van der Waals surface area contributed by atoms with Gasteiger partial charge in [0.2, 0.25) is 11.1 Å². The zero-order chi connectivity index (χ0) is 16.3. The van der Waals surface area contributed by atoms with Crippen molar-refractivity contribution in [1.82, 2.24) is 14.9 Å². The summed E-state index contributed by atoms with van der Waals surface area (Å²) < 4.78 is 6.50. The van der Waals surface area contributed by atoms with Crippen molar-refractivity contribution in [2.45, 2.75) is 24.3 Å². The van der Waals surface area contributed by atoms with E-state index in [0.717, 1.165) is 5.56 Å². The minimum atomic E-state index is -0.410. The van der Waals surface area contributed by atoms with Gasteiger partial charge in [-0.05, 0) is 25.5 Å². The van der Waals surface area contributed by atoms with Crippen LogP contribution in [-0.4, -0.2) is 33.1 Å². The first-order valence-corrected chi connectivity index (χ1v) is 7.65. The second-order valence-corrected chi connectivity index (χ2v) is 6.29. The zero-order valence-corrected chi connectivity index (χ0v) is 13.9. The van der Waals surface area contributed by atoms with Gasteiger partial charge in [-0.15, -0.1) is 10.2 Å². The van der Waals surface area contributed by atoms with Crippen molar-refractivity contribution in [3.8, 4) is 5.75 Å². The Morgan fingerprint density at radius 3 is 2.86 bits per heavy atom. The summed E-state index contributed by atoms with van der Waals surface area (Å²) in [5.74, 6) is 5.93. The molecule has 0 bridgehead atoms. The lowest BCUT2D eigenvalue weighted by Crippen LogP contribution is -2.23. The van der Waals surface area contributed by atoms with Crippen LogP contribution in [0.2, 0.25) is 5.02 Å². The molecule has 1 amide bonds. The van der Waals surface area contributed by atoms with Crippen LogP contribution in [-0.2, 0) is 4.79 Å². The molecule has 22 heavy (non-hydrogen) atoms. The highest BCUT2D eigenvalue weighted by atomic mass is 35.5. The van der Waals surface area contributed by atoms with E-state index >= 15 is 0 Å². The molecule has 1 atom stereocenters. The Balaban J connectivity index is 2.11. The number of nitrogens with two attached hydrogens (primary N) is 1. The number of amides is 1. The molecule has 1 aromatic carbocycles. The molecule has 118 valence electrons. The standard InChI is InChI=1S/C13H16ClN5O2S/c1-7-4-10(11(21-3)5-9(7)14)17-12(20)8(2)22-13-18-16-6-19(13)15/h4-6,8H,15H2,1-3H3,(H,17,20)/t8-/m1/s1. The van der Waals surface area contributed by atoms with Crippen molar-refractivity contribution in [2.24, 2.45) is 0 Å². The number of nitrogen functional groups attached to an aromatic ring is 1. The van der Waals surface area contributed by atoms with E-state index in [1.165, 1.54) is 29.9 Å². The molecule has 9 heteroatoms. The van der Waals surface area contributed by atoms with Crippen molar-refractivity contribution in [3.05, 3.63) is 29.0 Å². The summed E-state index contributed by atoms with van der Waals surface area (Å²) in [5.41, 5.74) is 1.41. The third-order valence-corrected chi connectivity index (χ3v) is 4.41. The molecule has 0 saturated carbocycles. The molecule has 0 radical (unpaired) electrons. The SMILES string of the molecule is COc1cc(Cl)c(C)cc1NC(=O)[C@@H](C)Sc1nncn1N. The number of halogens is 1. The second-order valence-electron chi connectivity index (χ2n) is 4.57. The predicted octanol–water partition coefficient (Wildman–Crippen LogP) is 2.08. The molecule has 0 aliphatic rings. The van der Waals surface area contributed by atoms with Crippen molar-refractivity contribution in [3.63, 3.8) is 0 Å². The molecule has 7 nitrogen and oxygen atoms in total. The van der Waals surface area contributed by atoms with Gasteiger partial charge in [-0.3, -0.25) is 4.79 Å². The fourth-order valence-electron chi connectivity index (χ4n) is 1.69. The number of hydrogen-bond donors (Lipinski definition) is 2. The number of ether oxygens (including phenoxy) is 1. The number of thioether (sulfide) groups is 1. The van der Waals surface area contributed by atoms with E-state index in [0.29, 0.717) is 21.6 Å². The van der Waals surface area contributed by atoms with Crippen molar-refractivity contribution >= 4 is 35.0 Å². The van der Waals surface area contributed by atoms with Gasteiger partial charge in [-0.2, -0.15) is 0 Å². The first-order chi connectivity index (χ1) is 10.4. The lowest BCUT2D eigenvalue weighted by Gasteiger charge is -2.15. The largest absolute Gasteiger partial charge is 0.495 e. The van der Waals surface area contributed by atoms with Gasteiger partial charge in [0.1, 0.15) is 12.1 Å². The van der Waals surface area contributed by atoms with Crippen molar-refractivity contribution in [2.75, 3.05) is 18.3 Å². The molecular formula is C13H16ClN5O2S. The molecule has 0 spiro atoms. The second kappa shape index (κ2) is 6.89. The molecule has 0 saturated heterocycles. The fourth-order valence-corrected chi connectivity index (χ4v) is 2.59. The molecule has 0 aliphatic carbocycles. The summed E-state index contributed by atoms with van der Waals surface area (Å²) in [7, 11) is 1.52. The fraction of sp³-hybridized carbons (Fsp3) is 0.308. The molecule has 0 fully saturated rings. The van der Waals surface area contributed by atoms with E-state index in [1.807, 2.05) is 6.92 Å². The van der Waals surface area contributed by atoms with Crippen LogP contribution in [0.4, 0.5) is 5.69 Å². The van der Waals surface area contributed by atoms with Crippen LogP contribution >= 0.6 is 23.4 Å². The van der Waals surface area contributed by atoms with Gasteiger partial charge in [0.15, 0.2) is 0 Å². The van der Waals surface area contributed by atoms with Crippen molar-refractivity contribution in [1.29, 1.82) is 0 Å². The van der Waals surface area contributed by atoms with E-state index < -0.39 is 5.25 Å². The Kier molecular flexibility index (Phi) is 5.15. The molecular weight excluding hydrogens is 326 g/mol. The van der Waals surface area contributed by atoms with E-state index in [2.05, 4.69) is 15.5 Å². The number of anilines is 1. The average molecular weight is 342 g/mol. The number of carbonyl (C=O) groups is 1. The first kappa shape index (κ1) is 16.4. The monoisotopic (exact) mass is 341 g/mol. The highest BCUT2D eigenvalue weighted by molar-refractivity contribution is 8.00. The topological polar surface area (TPSA) is 95.1 Å². The van der Waals surface area contributed by atoms with Crippen LogP contribution in [0.15, 0.2) is 23.6 Å². The highest BCUT2D eigenvalue weighted by Crippen LogP contribution is 2.31. The number of aromatic nitrogens is 3. The molecule has 3 N–H and O–H groups in total. The Bertz CT molecular complexity index is 691. The zero-order valence-electron chi connectivity index (χ0n) is 12.3. The Morgan fingerprint density at radius 1 is 1.55 bits per heavy atom. The third kappa shape index (κ3) is 3.63. The number of carbonyl (C=O) groups excluding carboxylic acids is 1. The van der Waals surface area contributed by atoms with Crippen LogP contribution in [0.5, 0.6) is 5.75 Å². The summed E-state index contributed by atoms with van der Waals surface area (Å²) >= 11 is 7.26. The number of benzene rings is 1. The van der Waals surface area contributed by atoms with Crippen LogP contribution in [0.1, 0.15) is 12.5 Å². The smallest absolute Gasteiger partial charge is 0.237 e. The summed E-state index contributed by atoms with van der Waals surface area (Å²) in [4.78, 5) is 12.3. The van der Waals surface area contributed by atoms with E-state index in [1.54, 1.807) is 19.1 Å². The van der Waals surface area contributed by atoms with Gasteiger partial charge in [-0.25, -0.2) is 4.68 Å². The third-order valence-electron chi connectivity index (χ3n) is 2.93. The minimum absolute atomic E-state index is 0.201. The van der Waals surface area contributed by atoms with Gasteiger partial charge in [0, 0.05) is 11.1 Å². The summed E-state index contributed by atoms with van der Waals surface area (Å²) in [5, 5.41) is 10.9. The predicted molar refractivity (Wildman–Crippen MR) is 86.9 cm³/mol. The number of aryl methyl sites for hydroxylation is 1. The van der Waals surface area contributed by atoms with Gasteiger partial charge in [0.25, 0.3) is 0 Å². The van der Waals surface area contributed by atoms with E-state index in [4.69, 9.17) is 22.2 Å². The number of methoxy groups -OCH3 is 1. The van der Waals surface area contributed by atoms with Crippen LogP contribution in [0.25, 0.3) is 0 Å². The number of rotatable bonds is 5. The number of nitrogens with one attached hydrogen (secondary N) is 1. The normalized spacial score (nSPS) is 12.0. The van der Waals surface area contributed by atoms with Crippen LogP contribution < -0.4 is 15.9 Å². The van der Waals surface area contributed by atoms with Gasteiger partial charge < -0.3 is 15.9 Å². The van der Waals surface area contributed by atoms with Crippen molar-refractivity contribution < 1.29 is 9.53 Å². The van der Waals surface area contributed by atoms with E-state index in [9.17, 15) is 4.79 Å². The molecule has 1 aromatic heterocycles. The Hall–Kier alpha value is -1.93. The molecule has 2 rings (SSSR count). The van der Waals surface area contributed by atoms with Gasteiger partial charge >= 0.3 is 0 Å². The summed E-state index contributed by atoms with van der Waals surface area (Å²) in [6.07, 6.45) is 1.37. The number of nitrogens with zero attached hydrogens (tertiary/aromatic N) is 3. The van der Waals surface area contributed by atoms with E-state index in [-0.39, 0.29) is 5.91 Å². The molecule has 0 unspecified atom stereocenters. The minimum Gasteiger partial charge on any atom is -0.495 e. The maximum atomic E-state index is 12.3. The maximum Gasteiger partial charge on any atom is 0.237 e. The molecule has 0 aliphatic heterocycles. The first-order valence-electron chi connectivity index (χ1n) is 6.39. The van der Waals surface area contributed by atoms with Crippen LogP contribution in [0.3, 0.4) is 0 Å². The average Bonchev–Trinajstić information content (AvgIpc) is 2.87. The highest BCUT2D eigenvalue weighted by Gasteiger charge is 2.19. The summed E-state index contributed by atoms with van der Waals surface area (Å²) in [6.45, 7) is 3.61. The molecule has 2 aromatic rings. The lowest BCUT2D eigenvalue weighted by molar-refractivity contribution is -0.115. The Labute approximate surface area is 137 Å². The van der Waals surface area contributed by atoms with Gasteiger partial charge in [0.05, 0.1) is 18.0 Å². The Morgan fingerprint density at radius 2 is 2.27 bits per heavy atom.